The van der Waals surface area contributed by atoms with Crippen LogP contribution >= 0.6 is 19.4 Å². The van der Waals surface area contributed by atoms with E-state index in [2.05, 4.69) is 0 Å². The first-order valence-electron chi connectivity index (χ1n) is 10.6. The average Bonchev–Trinajstić information content (AvgIpc) is 3.02. The van der Waals surface area contributed by atoms with E-state index in [1.807, 2.05) is 4.98 Å². The summed E-state index contributed by atoms with van der Waals surface area (Å²) >= 11 is 6.03. The number of nitrogens with one attached hydrogen (secondary N) is 1. The van der Waals surface area contributed by atoms with Crippen LogP contribution in [-0.4, -0.2) is 46.6 Å². The van der Waals surface area contributed by atoms with E-state index in [4.69, 9.17) is 34.6 Å². The Labute approximate surface area is 203 Å². The minimum absolute atomic E-state index is 0.0591. The predicted octanol–water partition coefficient (Wildman–Crippen LogP) is 3.05. The lowest BCUT2D eigenvalue weighted by Crippen LogP contribution is -2.45. The number of phosphoric ester groups is 1. The van der Waals surface area contributed by atoms with Crippen molar-refractivity contribution in [3.63, 3.8) is 0 Å². The number of ether oxygens (including phenoxy) is 2. The number of carbonyl (C=O) groups excluding carboxylic acids is 1. The largest absolute Gasteiger partial charge is 0.475 e. The molecule has 6 atom stereocenters. The van der Waals surface area contributed by atoms with Crippen LogP contribution in [-0.2, 0) is 32.4 Å². The molecule has 0 unspecified atom stereocenters. The molecule has 3 heterocycles. The number of H-pyrrole nitrogens is 1. The van der Waals surface area contributed by atoms with Gasteiger partial charge in [-0.15, -0.1) is 0 Å². The maximum atomic E-state index is 15.8. The fourth-order valence-corrected chi connectivity index (χ4v) is 5.59. The predicted molar refractivity (Wildman–Crippen MR) is 120 cm³/mol. The van der Waals surface area contributed by atoms with Gasteiger partial charge in [0.15, 0.2) is 18.0 Å². The maximum Gasteiger partial charge on any atom is 0.475 e. The highest BCUT2D eigenvalue weighted by Gasteiger charge is 2.58. The summed E-state index contributed by atoms with van der Waals surface area (Å²) in [5.74, 6) is -0.806. The van der Waals surface area contributed by atoms with Crippen molar-refractivity contribution in [2.45, 2.75) is 50.5 Å². The summed E-state index contributed by atoms with van der Waals surface area (Å²) in [5.41, 5.74) is -3.35. The lowest BCUT2D eigenvalue weighted by Gasteiger charge is -2.30. The molecule has 0 amide bonds. The number of benzene rings is 1. The van der Waals surface area contributed by atoms with E-state index in [1.54, 1.807) is 24.3 Å². The second-order valence-corrected chi connectivity index (χ2v) is 10.3. The zero-order chi connectivity index (χ0) is 25.4. The Kier molecular flexibility index (Phi) is 7.33. The molecule has 0 saturated carbocycles. The number of hydrogen-bond donors (Lipinski definition) is 1. The zero-order valence-corrected chi connectivity index (χ0v) is 20.4. The molecule has 1 aromatic heterocycles. The third kappa shape index (κ3) is 5.58. The number of phosphoric acid groups is 1. The highest BCUT2D eigenvalue weighted by molar-refractivity contribution is 7.48. The van der Waals surface area contributed by atoms with Crippen LogP contribution in [0.3, 0.4) is 0 Å². The number of esters is 1. The third-order valence-corrected chi connectivity index (χ3v) is 7.29. The number of aromatic amines is 1. The summed E-state index contributed by atoms with van der Waals surface area (Å²) < 4.78 is 56.9. The molecule has 2 aromatic rings. The first-order chi connectivity index (χ1) is 16.5. The molecule has 14 heteroatoms. The molecule has 2 aliphatic rings. The Morgan fingerprint density at radius 1 is 1.37 bits per heavy atom. The second kappa shape index (κ2) is 9.96. The molecule has 1 N–H and O–H groups in total. The lowest BCUT2D eigenvalue weighted by atomic mass is 9.98. The molecule has 1 aromatic carbocycles. The van der Waals surface area contributed by atoms with Crippen molar-refractivity contribution in [2.24, 2.45) is 0 Å². The quantitative estimate of drug-likeness (QED) is 0.440. The second-order valence-electron chi connectivity index (χ2n) is 8.24. The van der Waals surface area contributed by atoms with Gasteiger partial charge < -0.3 is 9.47 Å². The fraction of sp³-hybridized carbons (Fsp3) is 0.476. The summed E-state index contributed by atoms with van der Waals surface area (Å²) in [4.78, 5) is 37.3. The van der Waals surface area contributed by atoms with Gasteiger partial charge in [-0.3, -0.25) is 32.7 Å². The molecule has 0 bridgehead atoms. The number of halogens is 2. The molecule has 190 valence electrons. The van der Waals surface area contributed by atoms with Gasteiger partial charge in [-0.05, 0) is 24.6 Å². The molecule has 0 spiro atoms. The molecule has 4 rings (SSSR count). The van der Waals surface area contributed by atoms with Gasteiger partial charge in [-0.2, -0.15) is 0 Å². The Morgan fingerprint density at radius 2 is 2.14 bits per heavy atom. The smallest absolute Gasteiger partial charge is 0.456 e. The highest BCUT2D eigenvalue weighted by Crippen LogP contribution is 2.57. The molecule has 11 nitrogen and oxygen atoms in total. The van der Waals surface area contributed by atoms with Crippen LogP contribution in [0.25, 0.3) is 0 Å². The Balaban J connectivity index is 1.53. The number of rotatable bonds is 6. The number of nitrogens with zero attached hydrogens (tertiary/aromatic N) is 1. The van der Waals surface area contributed by atoms with Gasteiger partial charge in [0.2, 0.25) is 0 Å². The summed E-state index contributed by atoms with van der Waals surface area (Å²) in [5, 5.41) is 0.475. The van der Waals surface area contributed by atoms with E-state index in [-0.39, 0.29) is 6.61 Å². The standard InChI is InChI=1S/C21H23ClFN2O9P/c1-12(26)32-18-16(33-19(21(18,2)23)25-8-6-17(27)24-20(25)28)11-31-35(29)30-9-7-15(34-35)13-4-3-5-14(22)10-13/h3-6,8,10,15-16,18-19H,7,9,11H2,1-2H3,(H,24,27,28)/t15-,16+,18+,19+,21+,35+/m0/s1. The molecule has 2 aliphatic heterocycles. The van der Waals surface area contributed by atoms with E-state index >= 15 is 4.39 Å². The Bertz CT molecular complexity index is 1270. The summed E-state index contributed by atoms with van der Waals surface area (Å²) in [6.45, 7) is 1.67. The van der Waals surface area contributed by atoms with Gasteiger partial charge >= 0.3 is 19.5 Å². The molecular formula is C21H23ClFN2O9P. The number of hydrogen-bond acceptors (Lipinski definition) is 9. The molecule has 2 saturated heterocycles. The zero-order valence-electron chi connectivity index (χ0n) is 18.7. The van der Waals surface area contributed by atoms with Crippen molar-refractivity contribution in [3.8, 4) is 0 Å². The summed E-state index contributed by atoms with van der Waals surface area (Å²) in [7, 11) is -4.11. The average molecular weight is 533 g/mol. The SMILES string of the molecule is CC(=O)O[C@@H]1[C@@H](CO[P@@]2(=O)OCC[C@@H](c3cccc(Cl)c3)O2)O[C@@H](n2ccc(=O)[nH]c2=O)[C@]1(C)F. The summed E-state index contributed by atoms with van der Waals surface area (Å²) in [6.07, 6.45) is -3.59. The monoisotopic (exact) mass is 532 g/mol. The van der Waals surface area contributed by atoms with Crippen LogP contribution in [0.4, 0.5) is 4.39 Å². The topological polar surface area (TPSA) is 135 Å². The van der Waals surface area contributed by atoms with Crippen molar-refractivity contribution in [2.75, 3.05) is 13.2 Å². The van der Waals surface area contributed by atoms with Gasteiger partial charge in [-0.25, -0.2) is 13.8 Å². The minimum Gasteiger partial charge on any atom is -0.456 e. The van der Waals surface area contributed by atoms with Gasteiger partial charge in [0.05, 0.1) is 19.3 Å². The lowest BCUT2D eigenvalue weighted by molar-refractivity contribution is -0.155. The van der Waals surface area contributed by atoms with Gasteiger partial charge in [0.25, 0.3) is 5.56 Å². The molecule has 0 aliphatic carbocycles. The number of aromatic nitrogens is 2. The van der Waals surface area contributed by atoms with Gasteiger partial charge in [0, 0.05) is 30.6 Å². The number of carbonyl (C=O) groups is 1. The maximum absolute atomic E-state index is 15.8. The van der Waals surface area contributed by atoms with Gasteiger partial charge in [-0.1, -0.05) is 23.7 Å². The Morgan fingerprint density at radius 3 is 2.83 bits per heavy atom. The van der Waals surface area contributed by atoms with Crippen LogP contribution in [0.1, 0.15) is 38.2 Å². The molecular weight excluding hydrogens is 510 g/mol. The molecule has 0 radical (unpaired) electrons. The van der Waals surface area contributed by atoms with Crippen LogP contribution in [0.5, 0.6) is 0 Å². The summed E-state index contributed by atoms with van der Waals surface area (Å²) in [6, 6.07) is 7.84. The van der Waals surface area contributed by atoms with E-state index in [0.717, 1.165) is 30.7 Å². The minimum atomic E-state index is -4.11. The van der Waals surface area contributed by atoms with Gasteiger partial charge in [0.1, 0.15) is 6.10 Å². The fourth-order valence-electron chi connectivity index (χ4n) is 4.00. The highest BCUT2D eigenvalue weighted by atomic mass is 35.5. The van der Waals surface area contributed by atoms with E-state index in [1.165, 1.54) is 0 Å². The third-order valence-electron chi connectivity index (χ3n) is 5.58. The van der Waals surface area contributed by atoms with Crippen LogP contribution < -0.4 is 11.2 Å². The molecule has 35 heavy (non-hydrogen) atoms. The van der Waals surface area contributed by atoms with E-state index < -0.39 is 61.9 Å². The Hall–Kier alpha value is -2.34. The van der Waals surface area contributed by atoms with Crippen LogP contribution in [0.2, 0.25) is 5.02 Å². The van der Waals surface area contributed by atoms with E-state index in [9.17, 15) is 18.9 Å². The van der Waals surface area contributed by atoms with Crippen molar-refractivity contribution < 1.29 is 36.8 Å². The van der Waals surface area contributed by atoms with Crippen molar-refractivity contribution in [1.29, 1.82) is 0 Å². The van der Waals surface area contributed by atoms with E-state index in [0.29, 0.717) is 17.0 Å². The number of alkyl halides is 1. The normalized spacial score (nSPS) is 32.9. The van der Waals surface area contributed by atoms with Crippen molar-refractivity contribution in [1.82, 2.24) is 9.55 Å². The van der Waals surface area contributed by atoms with Crippen LogP contribution in [0, 0.1) is 0 Å². The van der Waals surface area contributed by atoms with Crippen LogP contribution in [0.15, 0.2) is 46.1 Å². The van der Waals surface area contributed by atoms with Crippen molar-refractivity contribution >= 4 is 25.4 Å². The first kappa shape index (κ1) is 25.7. The van der Waals surface area contributed by atoms with Crippen molar-refractivity contribution in [3.05, 3.63) is 68.0 Å². The molecule has 2 fully saturated rings. The first-order valence-corrected chi connectivity index (χ1v) is 12.5.